The Balaban J connectivity index is 3.58. The van der Waals surface area contributed by atoms with Gasteiger partial charge in [-0.3, -0.25) is 0 Å². The van der Waals surface area contributed by atoms with Gasteiger partial charge in [-0.1, -0.05) is 38.9 Å². The Kier molecular flexibility index (Phi) is 3.65. The second-order valence-electron chi connectivity index (χ2n) is 2.87. The van der Waals surface area contributed by atoms with E-state index in [9.17, 15) is 0 Å². The summed E-state index contributed by atoms with van der Waals surface area (Å²) in [5.74, 6) is 0. The Labute approximate surface area is 56.9 Å². The first-order valence-corrected chi connectivity index (χ1v) is 9.80. The van der Waals surface area contributed by atoms with Crippen molar-refractivity contribution in [2.75, 3.05) is 0 Å². The van der Waals surface area contributed by atoms with E-state index in [4.69, 9.17) is 0 Å². The van der Waals surface area contributed by atoms with Crippen LogP contribution in [0.15, 0.2) is 0 Å². The highest BCUT2D eigenvalue weighted by Gasteiger charge is 2.18. The van der Waals surface area contributed by atoms with Gasteiger partial charge in [0.1, 0.15) is 0 Å². The van der Waals surface area contributed by atoms with Crippen molar-refractivity contribution in [1.29, 1.82) is 0 Å². The zero-order chi connectivity index (χ0) is 6.62. The Morgan fingerprint density at radius 2 is 1.25 bits per heavy atom. The van der Waals surface area contributed by atoms with Gasteiger partial charge in [-0.2, -0.15) is 0 Å². The van der Waals surface area contributed by atoms with Gasteiger partial charge in [0.15, 0.2) is 0 Å². The molecule has 0 bridgehead atoms. The molecule has 0 radical (unpaired) electrons. The molecule has 0 aliphatic rings. The van der Waals surface area contributed by atoms with Crippen LogP contribution in [0, 0.1) is 0 Å². The second-order valence-corrected chi connectivity index (χ2v) is 15.0. The minimum atomic E-state index is -0.532. The Bertz CT molecular complexity index is 49.3. The molecule has 0 spiro atoms. The van der Waals surface area contributed by atoms with E-state index < -0.39 is 7.59 Å². The average Bonchev–Trinajstić information content (AvgIpc) is 1.87. The molecule has 0 aromatic heterocycles. The van der Waals surface area contributed by atoms with Gasteiger partial charge in [-0.25, -0.2) is 0 Å². The molecule has 0 saturated heterocycles. The molecular formula is C6H18Si2. The first-order valence-electron chi connectivity index (χ1n) is 3.68. The zero-order valence-corrected chi connectivity index (χ0v) is 9.62. The van der Waals surface area contributed by atoms with Crippen LogP contribution in [-0.4, -0.2) is 17.4 Å². The summed E-state index contributed by atoms with van der Waals surface area (Å²) in [6.07, 6.45) is 0. The molecule has 0 saturated carbocycles. The average molecular weight is 146 g/mol. The minimum Gasteiger partial charge on any atom is -0.0680 e. The molecule has 0 aliphatic heterocycles. The maximum Gasteiger partial charge on any atom is 0.0354 e. The summed E-state index contributed by atoms with van der Waals surface area (Å²) in [6.45, 7) is 7.10. The summed E-state index contributed by atoms with van der Waals surface area (Å²) < 4.78 is 0. The van der Waals surface area contributed by atoms with Crippen molar-refractivity contribution >= 4 is 17.4 Å². The van der Waals surface area contributed by atoms with Gasteiger partial charge in [-0.15, -0.1) is 0 Å². The van der Waals surface area contributed by atoms with Crippen molar-refractivity contribution in [3.63, 3.8) is 0 Å². The third-order valence-electron chi connectivity index (χ3n) is 2.56. The normalized spacial score (nSPS) is 12.4. The van der Waals surface area contributed by atoms with E-state index in [1.165, 1.54) is 27.9 Å². The van der Waals surface area contributed by atoms with Crippen molar-refractivity contribution in [1.82, 2.24) is 0 Å². The molecule has 0 aromatic carbocycles. The lowest BCUT2D eigenvalue weighted by Crippen LogP contribution is -2.31. The van der Waals surface area contributed by atoms with Gasteiger partial charge in [0.25, 0.3) is 0 Å². The molecule has 0 atom stereocenters. The molecule has 2 heteroatoms. The summed E-state index contributed by atoms with van der Waals surface area (Å²) in [6, 6.07) is 4.56. The smallest absolute Gasteiger partial charge is 0.0354 e. The molecule has 8 heavy (non-hydrogen) atoms. The molecule has 0 rings (SSSR count). The van der Waals surface area contributed by atoms with Crippen molar-refractivity contribution in [3.8, 4) is 0 Å². The molecule has 50 valence electrons. The summed E-state index contributed by atoms with van der Waals surface area (Å²) >= 11 is 0. The lowest BCUT2D eigenvalue weighted by Gasteiger charge is -2.21. The van der Waals surface area contributed by atoms with E-state index in [-0.39, 0.29) is 0 Å². The molecule has 0 heterocycles. The largest absolute Gasteiger partial charge is 0.0680 e. The van der Waals surface area contributed by atoms with Crippen LogP contribution in [0.25, 0.3) is 0 Å². The van der Waals surface area contributed by atoms with E-state index in [0.717, 1.165) is 0 Å². The van der Waals surface area contributed by atoms with Crippen LogP contribution < -0.4 is 0 Å². The molecule has 0 aliphatic carbocycles. The van der Waals surface area contributed by atoms with Crippen LogP contribution in [0.5, 0.6) is 0 Å². The van der Waals surface area contributed by atoms with Crippen LogP contribution in [0.3, 0.4) is 0 Å². The van der Waals surface area contributed by atoms with Gasteiger partial charge in [0, 0.05) is 7.59 Å². The fourth-order valence-electron chi connectivity index (χ4n) is 0.750. The van der Waals surface area contributed by atoms with Crippen LogP contribution >= 0.6 is 0 Å². The topological polar surface area (TPSA) is 0 Å². The second kappa shape index (κ2) is 3.46. The first-order chi connectivity index (χ1) is 3.68. The summed E-state index contributed by atoms with van der Waals surface area (Å²) in [5, 5.41) is 0. The van der Waals surface area contributed by atoms with Gasteiger partial charge >= 0.3 is 0 Å². The van der Waals surface area contributed by atoms with Crippen LogP contribution in [0.2, 0.25) is 18.1 Å². The molecule has 0 aromatic rings. The fourth-order valence-corrected chi connectivity index (χ4v) is 2.25. The SMILES string of the molecule is CC[Si]([SiH3])(CC)CC. The zero-order valence-electron chi connectivity index (χ0n) is 6.62. The van der Waals surface area contributed by atoms with Crippen molar-refractivity contribution in [2.45, 2.75) is 38.9 Å². The van der Waals surface area contributed by atoms with Gasteiger partial charge < -0.3 is 0 Å². The predicted molar refractivity (Wildman–Crippen MR) is 47.1 cm³/mol. The third-order valence-corrected chi connectivity index (χ3v) is 14.0. The quantitative estimate of drug-likeness (QED) is 0.527. The fraction of sp³-hybridized carbons (Fsp3) is 1.00. The van der Waals surface area contributed by atoms with Gasteiger partial charge in [0.2, 0.25) is 0 Å². The first kappa shape index (κ1) is 8.43. The maximum atomic E-state index is 2.37. The standard InChI is InChI=1S/C6H18Si2/c1-4-8(7,5-2)6-3/h4-6H2,1-3,7H3. The number of rotatable bonds is 3. The van der Waals surface area contributed by atoms with E-state index in [1.54, 1.807) is 0 Å². The monoisotopic (exact) mass is 146 g/mol. The van der Waals surface area contributed by atoms with Crippen molar-refractivity contribution in [2.24, 2.45) is 0 Å². The summed E-state index contributed by atoms with van der Waals surface area (Å²) in [7, 11) is 0.977. The van der Waals surface area contributed by atoms with Crippen LogP contribution in [0.4, 0.5) is 0 Å². The lowest BCUT2D eigenvalue weighted by molar-refractivity contribution is 1.22. The Hall–Kier alpha value is 0.434. The highest BCUT2D eigenvalue weighted by atomic mass is 29.2. The highest BCUT2D eigenvalue weighted by molar-refractivity contribution is 7.17. The summed E-state index contributed by atoms with van der Waals surface area (Å²) in [5.41, 5.74) is 0. The van der Waals surface area contributed by atoms with E-state index >= 15 is 0 Å². The molecule has 0 fully saturated rings. The van der Waals surface area contributed by atoms with Crippen LogP contribution in [0.1, 0.15) is 20.8 Å². The molecule has 0 amide bonds. The predicted octanol–water partition coefficient (Wildman–Crippen LogP) is 1.36. The molecule has 0 unspecified atom stereocenters. The maximum absolute atomic E-state index is 2.37. The van der Waals surface area contributed by atoms with Crippen molar-refractivity contribution < 1.29 is 0 Å². The van der Waals surface area contributed by atoms with Crippen molar-refractivity contribution in [3.05, 3.63) is 0 Å². The van der Waals surface area contributed by atoms with E-state index in [2.05, 4.69) is 20.8 Å². The summed E-state index contributed by atoms with van der Waals surface area (Å²) in [4.78, 5) is 0. The van der Waals surface area contributed by atoms with Gasteiger partial charge in [0.05, 0.1) is 0 Å². The third kappa shape index (κ3) is 2.13. The Morgan fingerprint density at radius 3 is 1.25 bits per heavy atom. The number of hydrogen-bond acceptors (Lipinski definition) is 0. The highest BCUT2D eigenvalue weighted by Crippen LogP contribution is 2.14. The van der Waals surface area contributed by atoms with E-state index in [0.29, 0.717) is 0 Å². The number of hydrogen-bond donors (Lipinski definition) is 0. The minimum absolute atomic E-state index is 0.532. The molecule has 0 N–H and O–H groups in total. The van der Waals surface area contributed by atoms with Crippen LogP contribution in [-0.2, 0) is 0 Å². The Morgan fingerprint density at radius 1 is 1.00 bits per heavy atom. The molecule has 0 nitrogen and oxygen atoms in total. The van der Waals surface area contributed by atoms with Gasteiger partial charge in [-0.05, 0) is 9.76 Å². The van der Waals surface area contributed by atoms with E-state index in [1.807, 2.05) is 0 Å². The lowest BCUT2D eigenvalue weighted by atomic mass is 10.9. The molecular weight excluding hydrogens is 128 g/mol.